The highest BCUT2D eigenvalue weighted by atomic mass is 16.5. The highest BCUT2D eigenvalue weighted by Crippen LogP contribution is 2.12. The SMILES string of the molecule is CC(C)(CN)COCCOc1ccccc1. The third-order valence-electron chi connectivity index (χ3n) is 2.28. The number of nitrogens with two attached hydrogens (primary N) is 1. The number of benzene rings is 1. The van der Waals surface area contributed by atoms with E-state index >= 15 is 0 Å². The van der Waals surface area contributed by atoms with Gasteiger partial charge in [-0.25, -0.2) is 0 Å². The van der Waals surface area contributed by atoms with Crippen molar-refractivity contribution >= 4 is 0 Å². The first-order valence-corrected chi connectivity index (χ1v) is 5.60. The molecule has 3 nitrogen and oxygen atoms in total. The minimum absolute atomic E-state index is 0.0484. The van der Waals surface area contributed by atoms with E-state index in [0.29, 0.717) is 26.4 Å². The minimum Gasteiger partial charge on any atom is -0.491 e. The molecule has 90 valence electrons. The second-order valence-electron chi connectivity index (χ2n) is 4.58. The molecule has 0 aliphatic carbocycles. The zero-order valence-electron chi connectivity index (χ0n) is 10.1. The van der Waals surface area contributed by atoms with E-state index in [1.165, 1.54) is 0 Å². The predicted molar refractivity (Wildman–Crippen MR) is 65.6 cm³/mol. The van der Waals surface area contributed by atoms with Gasteiger partial charge in [-0.1, -0.05) is 32.0 Å². The van der Waals surface area contributed by atoms with E-state index in [-0.39, 0.29) is 5.41 Å². The Morgan fingerprint density at radius 3 is 2.44 bits per heavy atom. The summed E-state index contributed by atoms with van der Waals surface area (Å²) in [4.78, 5) is 0. The lowest BCUT2D eigenvalue weighted by molar-refractivity contribution is 0.0476. The molecule has 1 rings (SSSR count). The Labute approximate surface area is 97.6 Å². The van der Waals surface area contributed by atoms with Crippen LogP contribution in [-0.4, -0.2) is 26.4 Å². The molecule has 0 atom stereocenters. The molecule has 1 aromatic carbocycles. The molecule has 0 radical (unpaired) electrons. The summed E-state index contributed by atoms with van der Waals surface area (Å²) in [5.41, 5.74) is 5.65. The molecule has 0 bridgehead atoms. The zero-order valence-corrected chi connectivity index (χ0v) is 10.1. The number of hydrogen-bond acceptors (Lipinski definition) is 3. The summed E-state index contributed by atoms with van der Waals surface area (Å²) in [5.74, 6) is 0.879. The number of ether oxygens (including phenoxy) is 2. The van der Waals surface area contributed by atoms with E-state index in [1.54, 1.807) is 0 Å². The third-order valence-corrected chi connectivity index (χ3v) is 2.28. The predicted octanol–water partition coefficient (Wildman–Crippen LogP) is 2.07. The molecule has 0 aromatic heterocycles. The smallest absolute Gasteiger partial charge is 0.119 e. The van der Waals surface area contributed by atoms with Crippen LogP contribution in [0.5, 0.6) is 5.75 Å². The largest absolute Gasteiger partial charge is 0.491 e. The third kappa shape index (κ3) is 5.14. The van der Waals surface area contributed by atoms with Crippen LogP contribution in [0, 0.1) is 5.41 Å². The van der Waals surface area contributed by atoms with E-state index in [4.69, 9.17) is 15.2 Å². The van der Waals surface area contributed by atoms with Gasteiger partial charge in [0.05, 0.1) is 13.2 Å². The maximum Gasteiger partial charge on any atom is 0.119 e. The first-order chi connectivity index (χ1) is 7.64. The van der Waals surface area contributed by atoms with Crippen molar-refractivity contribution < 1.29 is 9.47 Å². The molecule has 0 unspecified atom stereocenters. The summed E-state index contributed by atoms with van der Waals surface area (Å²) in [6, 6.07) is 9.74. The molecule has 0 spiro atoms. The van der Waals surface area contributed by atoms with Crippen molar-refractivity contribution in [1.29, 1.82) is 0 Å². The molecule has 0 fully saturated rings. The van der Waals surface area contributed by atoms with Crippen molar-refractivity contribution in [2.45, 2.75) is 13.8 Å². The average molecular weight is 223 g/mol. The van der Waals surface area contributed by atoms with Crippen molar-refractivity contribution in [1.82, 2.24) is 0 Å². The Morgan fingerprint density at radius 1 is 1.12 bits per heavy atom. The van der Waals surface area contributed by atoms with Gasteiger partial charge in [0.2, 0.25) is 0 Å². The fourth-order valence-electron chi connectivity index (χ4n) is 1.14. The number of rotatable bonds is 7. The normalized spacial score (nSPS) is 11.4. The maximum absolute atomic E-state index is 5.60. The fraction of sp³-hybridized carbons (Fsp3) is 0.538. The van der Waals surface area contributed by atoms with Crippen molar-refractivity contribution in [3.63, 3.8) is 0 Å². The van der Waals surface area contributed by atoms with E-state index < -0.39 is 0 Å². The van der Waals surface area contributed by atoms with Crippen LogP contribution in [-0.2, 0) is 4.74 Å². The van der Waals surface area contributed by atoms with Crippen LogP contribution in [0.15, 0.2) is 30.3 Å². The topological polar surface area (TPSA) is 44.5 Å². The Morgan fingerprint density at radius 2 is 1.81 bits per heavy atom. The van der Waals surface area contributed by atoms with Gasteiger partial charge in [-0.3, -0.25) is 0 Å². The van der Waals surface area contributed by atoms with E-state index in [0.717, 1.165) is 5.75 Å². The van der Waals surface area contributed by atoms with Gasteiger partial charge in [-0.2, -0.15) is 0 Å². The summed E-state index contributed by atoms with van der Waals surface area (Å²) >= 11 is 0. The van der Waals surface area contributed by atoms with Crippen LogP contribution >= 0.6 is 0 Å². The van der Waals surface area contributed by atoms with Crippen LogP contribution in [0.4, 0.5) is 0 Å². The molecule has 2 N–H and O–H groups in total. The van der Waals surface area contributed by atoms with Crippen molar-refractivity contribution in [2.24, 2.45) is 11.1 Å². The molecule has 0 heterocycles. The number of hydrogen-bond donors (Lipinski definition) is 1. The van der Waals surface area contributed by atoms with Crippen LogP contribution in [0.25, 0.3) is 0 Å². The van der Waals surface area contributed by atoms with Crippen LogP contribution in [0.2, 0.25) is 0 Å². The van der Waals surface area contributed by atoms with Crippen LogP contribution in [0.3, 0.4) is 0 Å². The van der Waals surface area contributed by atoms with Crippen LogP contribution in [0.1, 0.15) is 13.8 Å². The lowest BCUT2D eigenvalue weighted by atomic mass is 9.95. The summed E-state index contributed by atoms with van der Waals surface area (Å²) in [7, 11) is 0. The van der Waals surface area contributed by atoms with Gasteiger partial charge in [-0.05, 0) is 18.7 Å². The van der Waals surface area contributed by atoms with E-state index in [2.05, 4.69) is 13.8 Å². The standard InChI is InChI=1S/C13H21NO2/c1-13(2,10-14)11-15-8-9-16-12-6-4-3-5-7-12/h3-7H,8-11,14H2,1-2H3. The van der Waals surface area contributed by atoms with Gasteiger partial charge in [-0.15, -0.1) is 0 Å². The molecule has 0 saturated carbocycles. The van der Waals surface area contributed by atoms with Gasteiger partial charge in [0.1, 0.15) is 12.4 Å². The van der Waals surface area contributed by atoms with Gasteiger partial charge in [0.25, 0.3) is 0 Å². The van der Waals surface area contributed by atoms with Gasteiger partial charge < -0.3 is 15.2 Å². The molecule has 1 aromatic rings. The van der Waals surface area contributed by atoms with Crippen molar-refractivity contribution in [2.75, 3.05) is 26.4 Å². The molecular weight excluding hydrogens is 202 g/mol. The zero-order chi connectivity index (χ0) is 11.9. The summed E-state index contributed by atoms with van der Waals surface area (Å²) in [6.07, 6.45) is 0. The second-order valence-corrected chi connectivity index (χ2v) is 4.58. The lowest BCUT2D eigenvalue weighted by Gasteiger charge is -2.21. The molecule has 0 saturated heterocycles. The summed E-state index contributed by atoms with van der Waals surface area (Å²) < 4.78 is 11.0. The maximum atomic E-state index is 5.60. The van der Waals surface area contributed by atoms with Crippen molar-refractivity contribution in [3.8, 4) is 5.75 Å². The van der Waals surface area contributed by atoms with Gasteiger partial charge in [0.15, 0.2) is 0 Å². The van der Waals surface area contributed by atoms with Gasteiger partial charge >= 0.3 is 0 Å². The monoisotopic (exact) mass is 223 g/mol. The molecule has 0 aliphatic heterocycles. The quantitative estimate of drug-likeness (QED) is 0.720. The Balaban J connectivity index is 2.09. The molecule has 0 amide bonds. The molecular formula is C13H21NO2. The Kier molecular flexibility index (Phi) is 5.29. The molecule has 3 heteroatoms. The fourth-order valence-corrected chi connectivity index (χ4v) is 1.14. The number of para-hydroxylation sites is 1. The average Bonchev–Trinajstić information content (AvgIpc) is 2.30. The van der Waals surface area contributed by atoms with Crippen LogP contribution < -0.4 is 10.5 Å². The highest BCUT2D eigenvalue weighted by Gasteiger charge is 2.15. The summed E-state index contributed by atoms with van der Waals surface area (Å²) in [5, 5.41) is 0. The molecule has 16 heavy (non-hydrogen) atoms. The highest BCUT2D eigenvalue weighted by molar-refractivity contribution is 5.20. The van der Waals surface area contributed by atoms with E-state index in [9.17, 15) is 0 Å². The first-order valence-electron chi connectivity index (χ1n) is 5.60. The second kappa shape index (κ2) is 6.51. The minimum atomic E-state index is 0.0484. The van der Waals surface area contributed by atoms with Gasteiger partial charge in [0, 0.05) is 5.41 Å². The lowest BCUT2D eigenvalue weighted by Crippen LogP contribution is -2.29. The Hall–Kier alpha value is -1.06. The summed E-state index contributed by atoms with van der Waals surface area (Å²) in [6.45, 7) is 6.65. The first kappa shape index (κ1) is 13.0. The Bertz CT molecular complexity index is 285. The van der Waals surface area contributed by atoms with Crippen molar-refractivity contribution in [3.05, 3.63) is 30.3 Å². The van der Waals surface area contributed by atoms with E-state index in [1.807, 2.05) is 30.3 Å². The molecule has 0 aliphatic rings.